The predicted octanol–water partition coefficient (Wildman–Crippen LogP) is 4.53. The lowest BCUT2D eigenvalue weighted by Crippen LogP contribution is -2.24. The third-order valence-electron chi connectivity index (χ3n) is 3.58. The number of benzene rings is 2. The summed E-state index contributed by atoms with van der Waals surface area (Å²) in [5.41, 5.74) is 1.73. The molecule has 0 saturated carbocycles. The Kier molecular flexibility index (Phi) is 5.81. The monoisotopic (exact) mass is 370 g/mol. The maximum atomic E-state index is 13.1. The molecule has 26 heavy (non-hydrogen) atoms. The molecule has 0 fully saturated rings. The van der Waals surface area contributed by atoms with Gasteiger partial charge in [-0.2, -0.15) is 0 Å². The Balaban J connectivity index is 1.51. The molecule has 0 radical (unpaired) electrons. The first-order chi connectivity index (χ1) is 12.6. The van der Waals surface area contributed by atoms with Crippen molar-refractivity contribution in [1.29, 1.82) is 0 Å². The lowest BCUT2D eigenvalue weighted by Gasteiger charge is -2.07. The van der Waals surface area contributed by atoms with E-state index in [-0.39, 0.29) is 18.1 Å². The number of ether oxygens (including phenoxy) is 1. The van der Waals surface area contributed by atoms with Crippen LogP contribution in [-0.4, -0.2) is 10.9 Å². The van der Waals surface area contributed by atoms with Crippen molar-refractivity contribution in [3.8, 4) is 11.6 Å². The lowest BCUT2D eigenvalue weighted by molar-refractivity contribution is -0.120. The summed E-state index contributed by atoms with van der Waals surface area (Å²) in [6.07, 6.45) is 1.89. The average molecular weight is 371 g/mol. The predicted molar refractivity (Wildman–Crippen MR) is 97.7 cm³/mol. The number of pyridine rings is 1. The van der Waals surface area contributed by atoms with Crippen LogP contribution < -0.4 is 10.1 Å². The fourth-order valence-electron chi connectivity index (χ4n) is 2.28. The van der Waals surface area contributed by atoms with Gasteiger partial charge in [0.05, 0.1) is 6.42 Å². The summed E-state index contributed by atoms with van der Waals surface area (Å²) >= 11 is 5.82. The van der Waals surface area contributed by atoms with Gasteiger partial charge in [-0.1, -0.05) is 35.9 Å². The Morgan fingerprint density at radius 2 is 1.85 bits per heavy atom. The first kappa shape index (κ1) is 17.9. The van der Waals surface area contributed by atoms with Crippen molar-refractivity contribution in [1.82, 2.24) is 10.3 Å². The highest BCUT2D eigenvalue weighted by Crippen LogP contribution is 2.20. The first-order valence-corrected chi connectivity index (χ1v) is 8.36. The molecule has 0 aliphatic heterocycles. The summed E-state index contributed by atoms with van der Waals surface area (Å²) in [6, 6.07) is 16.5. The van der Waals surface area contributed by atoms with Crippen LogP contribution >= 0.6 is 11.6 Å². The van der Waals surface area contributed by atoms with Crippen molar-refractivity contribution >= 4 is 17.5 Å². The van der Waals surface area contributed by atoms with Crippen LogP contribution in [0.25, 0.3) is 0 Å². The molecule has 1 aromatic heterocycles. The highest BCUT2D eigenvalue weighted by Gasteiger charge is 2.05. The second-order valence-electron chi connectivity index (χ2n) is 5.64. The second kappa shape index (κ2) is 8.45. The molecule has 132 valence electrons. The Morgan fingerprint density at radius 1 is 1.08 bits per heavy atom. The van der Waals surface area contributed by atoms with Gasteiger partial charge in [-0.05, 0) is 35.4 Å². The Morgan fingerprint density at radius 3 is 2.54 bits per heavy atom. The van der Waals surface area contributed by atoms with Crippen LogP contribution in [0.15, 0.2) is 66.9 Å². The summed E-state index contributed by atoms with van der Waals surface area (Å²) in [5, 5.41) is 3.48. The van der Waals surface area contributed by atoms with Gasteiger partial charge in [-0.3, -0.25) is 4.79 Å². The highest BCUT2D eigenvalue weighted by atomic mass is 35.5. The maximum Gasteiger partial charge on any atom is 0.224 e. The molecule has 0 spiro atoms. The smallest absolute Gasteiger partial charge is 0.224 e. The van der Waals surface area contributed by atoms with E-state index < -0.39 is 0 Å². The molecule has 0 bridgehead atoms. The van der Waals surface area contributed by atoms with Gasteiger partial charge in [0.2, 0.25) is 11.8 Å². The number of rotatable bonds is 6. The Bertz CT molecular complexity index is 883. The number of nitrogens with one attached hydrogen (secondary N) is 1. The van der Waals surface area contributed by atoms with Gasteiger partial charge in [0, 0.05) is 29.9 Å². The number of nitrogens with zero attached hydrogens (tertiary/aromatic N) is 1. The van der Waals surface area contributed by atoms with E-state index in [4.69, 9.17) is 16.3 Å². The van der Waals surface area contributed by atoms with Crippen LogP contribution in [0, 0.1) is 5.82 Å². The van der Waals surface area contributed by atoms with Gasteiger partial charge in [0.25, 0.3) is 0 Å². The Hall–Kier alpha value is -2.92. The minimum atomic E-state index is -0.373. The third-order valence-corrected chi connectivity index (χ3v) is 3.84. The third kappa shape index (κ3) is 5.29. The van der Waals surface area contributed by atoms with E-state index in [0.717, 1.165) is 11.1 Å². The molecular weight excluding hydrogens is 355 g/mol. The molecule has 3 aromatic rings. The normalized spacial score (nSPS) is 10.4. The van der Waals surface area contributed by atoms with Crippen LogP contribution in [0.4, 0.5) is 4.39 Å². The second-order valence-corrected chi connectivity index (χ2v) is 6.08. The largest absolute Gasteiger partial charge is 0.439 e. The van der Waals surface area contributed by atoms with Gasteiger partial charge in [-0.15, -0.1) is 0 Å². The zero-order valence-corrected chi connectivity index (χ0v) is 14.5. The van der Waals surface area contributed by atoms with E-state index in [9.17, 15) is 9.18 Å². The summed E-state index contributed by atoms with van der Waals surface area (Å²) in [6.45, 7) is 0.361. The maximum absolute atomic E-state index is 13.1. The molecule has 1 heterocycles. The van der Waals surface area contributed by atoms with Crippen LogP contribution in [0.1, 0.15) is 11.1 Å². The molecule has 1 amide bonds. The summed E-state index contributed by atoms with van der Waals surface area (Å²) in [4.78, 5) is 16.2. The van der Waals surface area contributed by atoms with Gasteiger partial charge in [-0.25, -0.2) is 9.37 Å². The summed E-state index contributed by atoms with van der Waals surface area (Å²) in [5.74, 6) is 0.267. The quantitative estimate of drug-likeness (QED) is 0.693. The van der Waals surface area contributed by atoms with E-state index in [2.05, 4.69) is 10.3 Å². The molecule has 0 aliphatic carbocycles. The van der Waals surface area contributed by atoms with E-state index in [1.807, 2.05) is 12.1 Å². The van der Waals surface area contributed by atoms with Crippen molar-refractivity contribution in [3.63, 3.8) is 0 Å². The molecule has 2 aromatic carbocycles. The number of carbonyl (C=O) groups is 1. The molecule has 0 unspecified atom stereocenters. The SMILES string of the molecule is O=C(Cc1ccc(Cl)cc1)NCc1ccc(Oc2cccc(F)c2)nc1. The average Bonchev–Trinajstić information content (AvgIpc) is 2.63. The van der Waals surface area contributed by atoms with E-state index in [1.165, 1.54) is 12.1 Å². The fourth-order valence-corrected chi connectivity index (χ4v) is 2.40. The molecule has 1 N–H and O–H groups in total. The zero-order valence-electron chi connectivity index (χ0n) is 13.8. The Labute approximate surface area is 155 Å². The molecule has 4 nitrogen and oxygen atoms in total. The highest BCUT2D eigenvalue weighted by molar-refractivity contribution is 6.30. The summed E-state index contributed by atoms with van der Waals surface area (Å²) in [7, 11) is 0. The molecule has 6 heteroatoms. The van der Waals surface area contributed by atoms with E-state index >= 15 is 0 Å². The van der Waals surface area contributed by atoms with E-state index in [1.54, 1.807) is 42.6 Å². The van der Waals surface area contributed by atoms with Crippen molar-refractivity contribution in [3.05, 3.63) is 88.8 Å². The number of halogens is 2. The number of carbonyl (C=O) groups excluding carboxylic acids is 1. The minimum absolute atomic E-state index is 0.0904. The first-order valence-electron chi connectivity index (χ1n) is 7.98. The van der Waals surface area contributed by atoms with Gasteiger partial charge < -0.3 is 10.1 Å². The number of hydrogen-bond acceptors (Lipinski definition) is 3. The molecule has 3 rings (SSSR count). The van der Waals surface area contributed by atoms with Crippen LogP contribution in [-0.2, 0) is 17.8 Å². The van der Waals surface area contributed by atoms with Crippen LogP contribution in [0.3, 0.4) is 0 Å². The van der Waals surface area contributed by atoms with Crippen LogP contribution in [0.2, 0.25) is 5.02 Å². The van der Waals surface area contributed by atoms with Gasteiger partial charge >= 0.3 is 0 Å². The van der Waals surface area contributed by atoms with Gasteiger partial charge in [0.15, 0.2) is 0 Å². The topological polar surface area (TPSA) is 51.2 Å². The number of hydrogen-bond donors (Lipinski definition) is 1. The molecule has 0 atom stereocenters. The van der Waals surface area contributed by atoms with Crippen molar-refractivity contribution < 1.29 is 13.9 Å². The number of aromatic nitrogens is 1. The van der Waals surface area contributed by atoms with Crippen molar-refractivity contribution in [2.75, 3.05) is 0 Å². The lowest BCUT2D eigenvalue weighted by atomic mass is 10.1. The fraction of sp³-hybridized carbons (Fsp3) is 0.100. The molecule has 0 aliphatic rings. The summed E-state index contributed by atoms with van der Waals surface area (Å²) < 4.78 is 18.6. The zero-order chi connectivity index (χ0) is 18.4. The molecule has 0 saturated heterocycles. The standard InChI is InChI=1S/C20H16ClFN2O2/c21-16-7-4-14(5-8-16)10-19(25)23-12-15-6-9-20(24-13-15)26-18-3-1-2-17(22)11-18/h1-9,11,13H,10,12H2,(H,23,25). The molecular formula is C20H16ClFN2O2. The van der Waals surface area contributed by atoms with Crippen LogP contribution in [0.5, 0.6) is 11.6 Å². The number of amides is 1. The van der Waals surface area contributed by atoms with Crippen molar-refractivity contribution in [2.24, 2.45) is 0 Å². The minimum Gasteiger partial charge on any atom is -0.439 e. The van der Waals surface area contributed by atoms with Crippen molar-refractivity contribution in [2.45, 2.75) is 13.0 Å². The van der Waals surface area contributed by atoms with E-state index in [0.29, 0.717) is 23.2 Å². The van der Waals surface area contributed by atoms with Gasteiger partial charge in [0.1, 0.15) is 11.6 Å².